The number of nitrogens with one attached hydrogen (secondary N) is 1. The van der Waals surface area contributed by atoms with Gasteiger partial charge in [-0.1, -0.05) is 12.1 Å². The summed E-state index contributed by atoms with van der Waals surface area (Å²) >= 11 is 0. The number of carbonyl (C=O) groups is 1. The number of benzene rings is 1. The van der Waals surface area contributed by atoms with Crippen LogP contribution in [0.2, 0.25) is 0 Å². The van der Waals surface area contributed by atoms with Gasteiger partial charge in [-0.05, 0) is 25.0 Å². The van der Waals surface area contributed by atoms with E-state index in [1.807, 2.05) is 24.3 Å². The summed E-state index contributed by atoms with van der Waals surface area (Å²) in [4.78, 5) is 13.4. The van der Waals surface area contributed by atoms with Crippen molar-refractivity contribution >= 4 is 11.6 Å². The van der Waals surface area contributed by atoms with Gasteiger partial charge in [0.25, 0.3) is 0 Å². The van der Waals surface area contributed by atoms with E-state index in [0.29, 0.717) is 18.3 Å². The fourth-order valence-electron chi connectivity index (χ4n) is 2.52. The number of para-hydroxylation sites is 2. The fourth-order valence-corrected chi connectivity index (χ4v) is 2.52. The lowest BCUT2D eigenvalue weighted by Gasteiger charge is -2.16. The minimum Gasteiger partial charge on any atom is -0.491 e. The summed E-state index contributed by atoms with van der Waals surface area (Å²) in [5.74, 6) is 0.810. The smallest absolute Gasteiger partial charge is 0.217 e. The first-order chi connectivity index (χ1) is 9.65. The number of carbonyl (C=O) groups excluding carboxylic acids is 1. The number of nitrogen functional groups attached to an aromatic ring is 1. The second kappa shape index (κ2) is 7.14. The molecule has 1 unspecified atom stereocenters. The lowest BCUT2D eigenvalue weighted by molar-refractivity contribution is -0.119. The third-order valence-electron chi connectivity index (χ3n) is 3.48. The van der Waals surface area contributed by atoms with Crippen molar-refractivity contribution in [2.24, 2.45) is 0 Å². The van der Waals surface area contributed by atoms with Crippen molar-refractivity contribution < 1.29 is 9.53 Å². The molecule has 1 aliphatic rings. The van der Waals surface area contributed by atoms with Gasteiger partial charge in [-0.15, -0.1) is 0 Å². The van der Waals surface area contributed by atoms with E-state index in [-0.39, 0.29) is 5.91 Å². The molecule has 1 saturated heterocycles. The third-order valence-corrected chi connectivity index (χ3v) is 3.48. The number of likely N-dealkylation sites (tertiary alicyclic amines) is 1. The lowest BCUT2D eigenvalue weighted by Crippen LogP contribution is -2.35. The molecule has 0 radical (unpaired) electrons. The van der Waals surface area contributed by atoms with E-state index in [4.69, 9.17) is 10.5 Å². The van der Waals surface area contributed by atoms with E-state index in [1.54, 1.807) is 6.92 Å². The normalized spacial score (nSPS) is 18.9. The molecule has 1 aromatic carbocycles. The van der Waals surface area contributed by atoms with Crippen LogP contribution in [0.3, 0.4) is 0 Å². The van der Waals surface area contributed by atoms with Crippen molar-refractivity contribution in [1.29, 1.82) is 0 Å². The van der Waals surface area contributed by atoms with Gasteiger partial charge in [-0.25, -0.2) is 0 Å². The van der Waals surface area contributed by atoms with Gasteiger partial charge < -0.3 is 20.7 Å². The summed E-state index contributed by atoms with van der Waals surface area (Å²) in [5, 5.41) is 2.97. The molecule has 1 aromatic rings. The SMILES string of the molecule is CC(=O)NC1CCN(CCCOc2ccccc2N)C1. The van der Waals surface area contributed by atoms with E-state index in [0.717, 1.165) is 38.2 Å². The zero-order valence-corrected chi connectivity index (χ0v) is 12.0. The largest absolute Gasteiger partial charge is 0.491 e. The molecular weight excluding hydrogens is 254 g/mol. The summed E-state index contributed by atoms with van der Waals surface area (Å²) in [6.07, 6.45) is 1.99. The van der Waals surface area contributed by atoms with Crippen molar-refractivity contribution in [2.45, 2.75) is 25.8 Å². The standard InChI is InChI=1S/C15H23N3O2/c1-12(19)17-13-7-9-18(11-13)8-4-10-20-15-6-3-2-5-14(15)16/h2-3,5-6,13H,4,7-11,16H2,1H3,(H,17,19). The molecule has 0 saturated carbocycles. The maximum Gasteiger partial charge on any atom is 0.217 e. The Morgan fingerprint density at radius 3 is 3.05 bits per heavy atom. The molecule has 110 valence electrons. The fraction of sp³-hybridized carbons (Fsp3) is 0.533. The molecule has 1 atom stereocenters. The van der Waals surface area contributed by atoms with Crippen LogP contribution in [0.4, 0.5) is 5.69 Å². The predicted molar refractivity (Wildman–Crippen MR) is 79.6 cm³/mol. The van der Waals surface area contributed by atoms with E-state index in [1.165, 1.54) is 0 Å². The number of nitrogens with zero attached hydrogens (tertiary/aromatic N) is 1. The molecule has 1 fully saturated rings. The zero-order valence-electron chi connectivity index (χ0n) is 12.0. The Hall–Kier alpha value is -1.75. The molecule has 0 aliphatic carbocycles. The molecule has 5 heteroatoms. The highest BCUT2D eigenvalue weighted by atomic mass is 16.5. The van der Waals surface area contributed by atoms with Gasteiger partial charge in [0.2, 0.25) is 5.91 Å². The summed E-state index contributed by atoms with van der Waals surface area (Å²) in [5.41, 5.74) is 6.49. The van der Waals surface area contributed by atoms with Crippen molar-refractivity contribution in [3.05, 3.63) is 24.3 Å². The molecule has 0 spiro atoms. The number of ether oxygens (including phenoxy) is 1. The first kappa shape index (κ1) is 14.7. The predicted octanol–water partition coefficient (Wildman–Crippen LogP) is 1.25. The molecule has 2 rings (SSSR count). The Kier molecular flexibility index (Phi) is 5.24. The molecule has 5 nitrogen and oxygen atoms in total. The van der Waals surface area contributed by atoms with Crippen LogP contribution in [0, 0.1) is 0 Å². The monoisotopic (exact) mass is 277 g/mol. The van der Waals surface area contributed by atoms with Gasteiger partial charge in [0.15, 0.2) is 0 Å². The van der Waals surface area contributed by atoms with Gasteiger partial charge in [-0.2, -0.15) is 0 Å². The Morgan fingerprint density at radius 1 is 1.50 bits per heavy atom. The van der Waals surface area contributed by atoms with E-state index in [2.05, 4.69) is 10.2 Å². The Labute approximate surface area is 120 Å². The van der Waals surface area contributed by atoms with E-state index >= 15 is 0 Å². The second-order valence-corrected chi connectivity index (χ2v) is 5.23. The molecule has 20 heavy (non-hydrogen) atoms. The van der Waals surface area contributed by atoms with Gasteiger partial charge in [-0.3, -0.25) is 4.79 Å². The Bertz CT molecular complexity index is 450. The van der Waals surface area contributed by atoms with Crippen LogP contribution in [0.5, 0.6) is 5.75 Å². The average Bonchev–Trinajstić information content (AvgIpc) is 2.83. The molecular formula is C15H23N3O2. The first-order valence-electron chi connectivity index (χ1n) is 7.12. The summed E-state index contributed by atoms with van der Waals surface area (Å²) < 4.78 is 5.67. The molecule has 1 heterocycles. The van der Waals surface area contributed by atoms with Crippen LogP contribution in [0.15, 0.2) is 24.3 Å². The molecule has 1 amide bonds. The van der Waals surface area contributed by atoms with Crippen molar-refractivity contribution in [3.8, 4) is 5.75 Å². The van der Waals surface area contributed by atoms with E-state index < -0.39 is 0 Å². The molecule has 0 bridgehead atoms. The van der Waals surface area contributed by atoms with Crippen LogP contribution < -0.4 is 15.8 Å². The highest BCUT2D eigenvalue weighted by Gasteiger charge is 2.22. The first-order valence-corrected chi connectivity index (χ1v) is 7.12. The highest BCUT2D eigenvalue weighted by molar-refractivity contribution is 5.73. The number of hydrogen-bond acceptors (Lipinski definition) is 4. The minimum atomic E-state index is 0.0553. The lowest BCUT2D eigenvalue weighted by atomic mass is 10.2. The number of hydrogen-bond donors (Lipinski definition) is 2. The highest BCUT2D eigenvalue weighted by Crippen LogP contribution is 2.19. The minimum absolute atomic E-state index is 0.0553. The topological polar surface area (TPSA) is 67.6 Å². The summed E-state index contributed by atoms with van der Waals surface area (Å²) in [6, 6.07) is 7.85. The summed E-state index contributed by atoms with van der Waals surface area (Å²) in [6.45, 7) is 5.20. The van der Waals surface area contributed by atoms with Gasteiger partial charge in [0.05, 0.1) is 12.3 Å². The van der Waals surface area contributed by atoms with Crippen LogP contribution in [-0.2, 0) is 4.79 Å². The van der Waals surface area contributed by atoms with Crippen LogP contribution in [0.1, 0.15) is 19.8 Å². The van der Waals surface area contributed by atoms with Crippen LogP contribution in [-0.4, -0.2) is 43.1 Å². The summed E-state index contributed by atoms with van der Waals surface area (Å²) in [7, 11) is 0. The molecule has 1 aliphatic heterocycles. The second-order valence-electron chi connectivity index (χ2n) is 5.23. The maximum absolute atomic E-state index is 11.0. The zero-order chi connectivity index (χ0) is 14.4. The maximum atomic E-state index is 11.0. The number of rotatable bonds is 6. The molecule has 0 aromatic heterocycles. The van der Waals surface area contributed by atoms with Crippen LogP contribution >= 0.6 is 0 Å². The average molecular weight is 277 g/mol. The van der Waals surface area contributed by atoms with Gasteiger partial charge in [0.1, 0.15) is 5.75 Å². The van der Waals surface area contributed by atoms with Crippen LogP contribution in [0.25, 0.3) is 0 Å². The van der Waals surface area contributed by atoms with Crippen molar-refractivity contribution in [2.75, 3.05) is 32.0 Å². The molecule has 3 N–H and O–H groups in total. The number of anilines is 1. The Morgan fingerprint density at radius 2 is 2.30 bits per heavy atom. The quantitative estimate of drug-likeness (QED) is 0.606. The van der Waals surface area contributed by atoms with Crippen molar-refractivity contribution in [1.82, 2.24) is 10.2 Å². The van der Waals surface area contributed by atoms with Crippen molar-refractivity contribution in [3.63, 3.8) is 0 Å². The third kappa shape index (κ3) is 4.42. The van der Waals surface area contributed by atoms with Gasteiger partial charge >= 0.3 is 0 Å². The Balaban J connectivity index is 1.62. The number of amides is 1. The van der Waals surface area contributed by atoms with Gasteiger partial charge in [0, 0.05) is 32.6 Å². The van der Waals surface area contributed by atoms with E-state index in [9.17, 15) is 4.79 Å². The number of nitrogens with two attached hydrogens (primary N) is 1.